The normalized spacial score (nSPS) is 16.9. The van der Waals surface area contributed by atoms with E-state index >= 15 is 0 Å². The molecule has 2 aromatic carbocycles. The van der Waals surface area contributed by atoms with Gasteiger partial charge < -0.3 is 0 Å². The number of nitrogens with zero attached hydrogens (tertiary/aromatic N) is 2. The van der Waals surface area contributed by atoms with Gasteiger partial charge in [-0.2, -0.15) is 0 Å². The quantitative estimate of drug-likeness (QED) is 0.538. The maximum atomic E-state index is 13.8. The van der Waals surface area contributed by atoms with Gasteiger partial charge in [0.25, 0.3) is 10.0 Å². The zero-order valence-corrected chi connectivity index (χ0v) is 18.2. The van der Waals surface area contributed by atoms with Crippen LogP contribution in [0.3, 0.4) is 0 Å². The zero-order chi connectivity index (χ0) is 20.4. The summed E-state index contributed by atoms with van der Waals surface area (Å²) < 4.78 is 29.2. The second-order valence-corrected chi connectivity index (χ2v) is 9.90. The molecule has 1 fully saturated rings. The smallest absolute Gasteiger partial charge is 0.268 e. The van der Waals surface area contributed by atoms with Crippen molar-refractivity contribution in [1.82, 2.24) is 8.87 Å². The lowest BCUT2D eigenvalue weighted by Crippen LogP contribution is -2.35. The van der Waals surface area contributed by atoms with Gasteiger partial charge in [0.15, 0.2) is 0 Å². The first-order valence-corrected chi connectivity index (χ1v) is 12.1. The molecule has 1 atom stereocenters. The van der Waals surface area contributed by atoms with E-state index in [2.05, 4.69) is 17.9 Å². The van der Waals surface area contributed by atoms with Gasteiger partial charge >= 0.3 is 0 Å². The van der Waals surface area contributed by atoms with Gasteiger partial charge in [-0.25, -0.2) is 12.4 Å². The summed E-state index contributed by atoms with van der Waals surface area (Å²) in [4.78, 5) is 2.84. The Morgan fingerprint density at radius 3 is 2.34 bits per heavy atom. The van der Waals surface area contributed by atoms with Crippen LogP contribution in [0.1, 0.15) is 56.3 Å². The first-order chi connectivity index (χ1) is 14.0. The van der Waals surface area contributed by atoms with Gasteiger partial charge in [-0.3, -0.25) is 4.90 Å². The summed E-state index contributed by atoms with van der Waals surface area (Å²) in [7, 11) is -3.68. The lowest BCUT2D eigenvalue weighted by Gasteiger charge is -2.35. The molecule has 4 nitrogen and oxygen atoms in total. The van der Waals surface area contributed by atoms with Crippen molar-refractivity contribution in [3.8, 4) is 0 Å². The Morgan fingerprint density at radius 1 is 0.966 bits per heavy atom. The number of likely N-dealkylation sites (tertiary alicyclic amines) is 1. The number of benzene rings is 2. The maximum Gasteiger partial charge on any atom is 0.268 e. The number of para-hydroxylation sites is 1. The number of rotatable bonds is 6. The lowest BCUT2D eigenvalue weighted by molar-refractivity contribution is 0.151. The molecular formula is C24H30N2O2S. The summed E-state index contributed by atoms with van der Waals surface area (Å²) in [5, 5.41) is 0.983. The largest absolute Gasteiger partial charge is 0.295 e. The molecule has 0 aliphatic carbocycles. The van der Waals surface area contributed by atoms with Crippen molar-refractivity contribution in [1.29, 1.82) is 0 Å². The van der Waals surface area contributed by atoms with E-state index in [1.807, 2.05) is 43.3 Å². The fourth-order valence-corrected chi connectivity index (χ4v) is 6.06. The van der Waals surface area contributed by atoms with E-state index in [4.69, 9.17) is 0 Å². The van der Waals surface area contributed by atoms with Crippen LogP contribution in [0.4, 0.5) is 0 Å². The van der Waals surface area contributed by atoms with Gasteiger partial charge in [0, 0.05) is 5.39 Å². The summed E-state index contributed by atoms with van der Waals surface area (Å²) in [6.45, 7) is 6.23. The van der Waals surface area contributed by atoms with Crippen LogP contribution in [0, 0.1) is 6.92 Å². The van der Waals surface area contributed by atoms with Gasteiger partial charge in [0.05, 0.1) is 22.1 Å². The van der Waals surface area contributed by atoms with Crippen molar-refractivity contribution < 1.29 is 8.42 Å². The van der Waals surface area contributed by atoms with Crippen LogP contribution < -0.4 is 0 Å². The van der Waals surface area contributed by atoms with Crippen molar-refractivity contribution in [2.75, 3.05) is 13.1 Å². The van der Waals surface area contributed by atoms with E-state index in [1.165, 1.54) is 19.3 Å². The van der Waals surface area contributed by atoms with E-state index in [1.54, 1.807) is 16.1 Å². The second-order valence-electron chi connectivity index (χ2n) is 8.11. The molecule has 154 valence electrons. The number of hydrogen-bond acceptors (Lipinski definition) is 3. The molecular weight excluding hydrogens is 380 g/mol. The average Bonchev–Trinajstić information content (AvgIpc) is 3.13. The van der Waals surface area contributed by atoms with Crippen molar-refractivity contribution in [3.05, 3.63) is 65.9 Å². The van der Waals surface area contributed by atoms with Crippen LogP contribution in [0.2, 0.25) is 0 Å². The molecule has 0 amide bonds. The summed E-state index contributed by atoms with van der Waals surface area (Å²) in [5.74, 6) is 0. The highest BCUT2D eigenvalue weighted by atomic mass is 32.2. The highest BCUT2D eigenvalue weighted by molar-refractivity contribution is 7.90. The Kier molecular flexibility index (Phi) is 5.79. The standard InChI is InChI=1S/C24H30N2O2S/c1-3-9-23(25-16-7-4-8-17-25)24-18-20-10-5-6-11-22(20)26(24)29(27,28)21-14-12-19(2)13-15-21/h5-6,10-15,18,23H,3-4,7-9,16-17H2,1-2H3/t23-/m0/s1. The van der Waals surface area contributed by atoms with Crippen LogP contribution >= 0.6 is 0 Å². The van der Waals surface area contributed by atoms with Gasteiger partial charge in [-0.15, -0.1) is 0 Å². The number of fused-ring (bicyclic) bond motifs is 1. The third-order valence-corrected chi connectivity index (χ3v) is 7.74. The molecule has 2 heterocycles. The van der Waals surface area contributed by atoms with E-state index in [9.17, 15) is 8.42 Å². The van der Waals surface area contributed by atoms with E-state index in [-0.39, 0.29) is 6.04 Å². The van der Waals surface area contributed by atoms with Crippen LogP contribution in [-0.2, 0) is 10.0 Å². The number of aryl methyl sites for hydroxylation is 1. The number of aromatic nitrogens is 1. The average molecular weight is 411 g/mol. The summed E-state index contributed by atoms with van der Waals surface area (Å²) in [6.07, 6.45) is 5.61. The molecule has 0 spiro atoms. The number of piperidine rings is 1. The lowest BCUT2D eigenvalue weighted by atomic mass is 10.0. The summed E-state index contributed by atoms with van der Waals surface area (Å²) >= 11 is 0. The third kappa shape index (κ3) is 3.86. The van der Waals surface area contributed by atoms with Gasteiger partial charge in [-0.05, 0) is 63.5 Å². The minimum Gasteiger partial charge on any atom is -0.295 e. The van der Waals surface area contributed by atoms with Crippen LogP contribution in [0.5, 0.6) is 0 Å². The highest BCUT2D eigenvalue weighted by Gasteiger charge is 2.30. The van der Waals surface area contributed by atoms with Gasteiger partial charge in [-0.1, -0.05) is 55.7 Å². The predicted molar refractivity (Wildman–Crippen MR) is 119 cm³/mol. The van der Waals surface area contributed by atoms with Crippen molar-refractivity contribution >= 4 is 20.9 Å². The molecule has 4 rings (SSSR count). The Morgan fingerprint density at radius 2 is 1.66 bits per heavy atom. The molecule has 1 aromatic heterocycles. The fourth-order valence-electron chi connectivity index (χ4n) is 4.49. The summed E-state index contributed by atoms with van der Waals surface area (Å²) in [6, 6.07) is 17.2. The first kappa shape index (κ1) is 20.2. The highest BCUT2D eigenvalue weighted by Crippen LogP contribution is 2.35. The maximum absolute atomic E-state index is 13.8. The molecule has 0 bridgehead atoms. The Balaban J connectivity index is 1.91. The molecule has 1 aliphatic heterocycles. The Bertz CT molecular complexity index is 1080. The fraction of sp³-hybridized carbons (Fsp3) is 0.417. The molecule has 0 radical (unpaired) electrons. The van der Waals surface area contributed by atoms with Crippen molar-refractivity contribution in [2.24, 2.45) is 0 Å². The van der Waals surface area contributed by atoms with Crippen LogP contribution in [-0.4, -0.2) is 30.4 Å². The zero-order valence-electron chi connectivity index (χ0n) is 17.3. The minimum atomic E-state index is -3.68. The van der Waals surface area contributed by atoms with E-state index in [0.29, 0.717) is 4.90 Å². The molecule has 0 unspecified atom stereocenters. The number of hydrogen-bond donors (Lipinski definition) is 0. The summed E-state index contributed by atoms with van der Waals surface area (Å²) in [5.41, 5.74) is 2.72. The van der Waals surface area contributed by atoms with Crippen molar-refractivity contribution in [3.63, 3.8) is 0 Å². The minimum absolute atomic E-state index is 0.118. The SMILES string of the molecule is CCC[C@@H](c1cc2ccccc2n1S(=O)(=O)c1ccc(C)cc1)N1CCCCC1. The second kappa shape index (κ2) is 8.33. The molecule has 29 heavy (non-hydrogen) atoms. The van der Waals surface area contributed by atoms with E-state index < -0.39 is 10.0 Å². The topological polar surface area (TPSA) is 42.3 Å². The first-order valence-electron chi connectivity index (χ1n) is 10.7. The monoisotopic (exact) mass is 410 g/mol. The van der Waals surface area contributed by atoms with Crippen molar-refractivity contribution in [2.45, 2.75) is 56.9 Å². The predicted octanol–water partition coefficient (Wildman–Crippen LogP) is 5.51. The molecule has 1 aliphatic rings. The molecule has 1 saturated heterocycles. The van der Waals surface area contributed by atoms with E-state index in [0.717, 1.165) is 48.1 Å². The third-order valence-electron chi connectivity index (χ3n) is 5.99. The van der Waals surface area contributed by atoms with Gasteiger partial charge in [0.1, 0.15) is 0 Å². The molecule has 0 N–H and O–H groups in total. The van der Waals surface area contributed by atoms with Crippen LogP contribution in [0.15, 0.2) is 59.5 Å². The Labute approximate surface area is 174 Å². The Hall–Kier alpha value is -2.11. The van der Waals surface area contributed by atoms with Gasteiger partial charge in [0.2, 0.25) is 0 Å². The molecule has 5 heteroatoms. The van der Waals surface area contributed by atoms with Crippen LogP contribution in [0.25, 0.3) is 10.9 Å². The molecule has 3 aromatic rings. The molecule has 0 saturated carbocycles.